The number of aromatic nitrogens is 1. The van der Waals surface area contributed by atoms with Gasteiger partial charge in [-0.05, 0) is 31.9 Å². The Hall–Kier alpha value is -2.25. The van der Waals surface area contributed by atoms with Crippen LogP contribution in [-0.4, -0.2) is 47.5 Å². The van der Waals surface area contributed by atoms with Crippen LogP contribution in [0.4, 0.5) is 5.13 Å². The Kier molecular flexibility index (Phi) is 5.78. The van der Waals surface area contributed by atoms with Gasteiger partial charge in [-0.2, -0.15) is 0 Å². The molecular weight excluding hydrogens is 338 g/mol. The minimum absolute atomic E-state index is 0.0115. The van der Waals surface area contributed by atoms with Gasteiger partial charge in [-0.15, -0.1) is 11.3 Å². The molecular formula is C18H21N3O3S. The number of ether oxygens (including phenoxy) is 1. The van der Waals surface area contributed by atoms with Crippen LogP contribution < -0.4 is 5.32 Å². The van der Waals surface area contributed by atoms with E-state index in [9.17, 15) is 9.59 Å². The Bertz CT molecular complexity index is 726. The fourth-order valence-corrected chi connectivity index (χ4v) is 3.46. The predicted octanol–water partition coefficient (Wildman–Crippen LogP) is 2.71. The SMILES string of the molecule is Cc1csc(NC(=O)CN(CC2CCCO2)C(=O)c2ccccc2)n1. The Labute approximate surface area is 150 Å². The molecule has 2 amide bonds. The van der Waals surface area contributed by atoms with Crippen LogP contribution in [0.2, 0.25) is 0 Å². The van der Waals surface area contributed by atoms with E-state index in [0.717, 1.165) is 18.5 Å². The third-order valence-corrected chi connectivity index (χ3v) is 4.83. The molecule has 1 saturated heterocycles. The van der Waals surface area contributed by atoms with Crippen molar-refractivity contribution in [2.24, 2.45) is 0 Å². The molecule has 0 saturated carbocycles. The molecule has 0 bridgehead atoms. The van der Waals surface area contributed by atoms with Gasteiger partial charge in [0.05, 0.1) is 11.8 Å². The fraction of sp³-hybridized carbons (Fsp3) is 0.389. The quantitative estimate of drug-likeness (QED) is 0.861. The van der Waals surface area contributed by atoms with Gasteiger partial charge in [-0.1, -0.05) is 18.2 Å². The molecule has 1 fully saturated rings. The van der Waals surface area contributed by atoms with Gasteiger partial charge < -0.3 is 15.0 Å². The number of carbonyl (C=O) groups excluding carboxylic acids is 2. The molecule has 6 nitrogen and oxygen atoms in total. The van der Waals surface area contributed by atoms with E-state index in [0.29, 0.717) is 23.8 Å². The highest BCUT2D eigenvalue weighted by Gasteiger charge is 2.25. The smallest absolute Gasteiger partial charge is 0.254 e. The number of rotatable bonds is 6. The zero-order valence-electron chi connectivity index (χ0n) is 14.1. The highest BCUT2D eigenvalue weighted by molar-refractivity contribution is 7.13. The zero-order valence-corrected chi connectivity index (χ0v) is 14.9. The number of hydrogen-bond donors (Lipinski definition) is 1. The second-order valence-electron chi connectivity index (χ2n) is 6.03. The van der Waals surface area contributed by atoms with Crippen LogP contribution >= 0.6 is 11.3 Å². The van der Waals surface area contributed by atoms with Crippen molar-refractivity contribution in [2.45, 2.75) is 25.9 Å². The van der Waals surface area contributed by atoms with Crippen LogP contribution in [0.5, 0.6) is 0 Å². The highest BCUT2D eigenvalue weighted by atomic mass is 32.1. The van der Waals surface area contributed by atoms with Gasteiger partial charge in [-0.25, -0.2) is 4.98 Å². The molecule has 2 heterocycles. The number of thiazole rings is 1. The number of aryl methyl sites for hydroxylation is 1. The lowest BCUT2D eigenvalue weighted by Crippen LogP contribution is -2.42. The van der Waals surface area contributed by atoms with E-state index in [1.807, 2.05) is 30.5 Å². The van der Waals surface area contributed by atoms with Crippen molar-refractivity contribution in [3.05, 3.63) is 47.0 Å². The molecule has 1 N–H and O–H groups in total. The van der Waals surface area contributed by atoms with Crippen LogP contribution in [0, 0.1) is 6.92 Å². The van der Waals surface area contributed by atoms with Gasteiger partial charge in [-0.3, -0.25) is 9.59 Å². The first-order valence-electron chi connectivity index (χ1n) is 8.30. The van der Waals surface area contributed by atoms with Crippen LogP contribution in [0.3, 0.4) is 0 Å². The van der Waals surface area contributed by atoms with Crippen molar-refractivity contribution in [1.29, 1.82) is 0 Å². The molecule has 3 rings (SSSR count). The van der Waals surface area contributed by atoms with Gasteiger partial charge in [0.25, 0.3) is 5.91 Å². The van der Waals surface area contributed by atoms with Gasteiger partial charge in [0.1, 0.15) is 6.54 Å². The van der Waals surface area contributed by atoms with Crippen molar-refractivity contribution in [3.63, 3.8) is 0 Å². The Morgan fingerprint density at radius 2 is 2.16 bits per heavy atom. The molecule has 1 atom stereocenters. The summed E-state index contributed by atoms with van der Waals surface area (Å²) in [6.45, 7) is 2.97. The Balaban J connectivity index is 1.68. The topological polar surface area (TPSA) is 71.5 Å². The first-order valence-corrected chi connectivity index (χ1v) is 9.17. The maximum absolute atomic E-state index is 12.8. The van der Waals surface area contributed by atoms with Crippen LogP contribution in [0.15, 0.2) is 35.7 Å². The first kappa shape index (κ1) is 17.6. The lowest BCUT2D eigenvalue weighted by Gasteiger charge is -2.25. The number of anilines is 1. The third kappa shape index (κ3) is 4.87. The summed E-state index contributed by atoms with van der Waals surface area (Å²) in [4.78, 5) is 30.9. The van der Waals surface area contributed by atoms with E-state index in [1.165, 1.54) is 11.3 Å². The van der Waals surface area contributed by atoms with Crippen LogP contribution in [0.25, 0.3) is 0 Å². The van der Waals surface area contributed by atoms with Crippen molar-refractivity contribution in [3.8, 4) is 0 Å². The largest absolute Gasteiger partial charge is 0.376 e. The van der Waals surface area contributed by atoms with Gasteiger partial charge in [0.2, 0.25) is 5.91 Å². The van der Waals surface area contributed by atoms with Gasteiger partial charge in [0, 0.05) is 24.1 Å². The monoisotopic (exact) mass is 359 g/mol. The number of carbonyl (C=O) groups is 2. The highest BCUT2D eigenvalue weighted by Crippen LogP contribution is 2.17. The van der Waals surface area contributed by atoms with Crippen LogP contribution in [0.1, 0.15) is 28.9 Å². The molecule has 1 aromatic heterocycles. The Morgan fingerprint density at radius 3 is 2.80 bits per heavy atom. The van der Waals surface area contributed by atoms with E-state index in [-0.39, 0.29) is 24.5 Å². The van der Waals surface area contributed by atoms with Crippen molar-refractivity contribution in [1.82, 2.24) is 9.88 Å². The molecule has 1 aliphatic heterocycles. The normalized spacial score (nSPS) is 16.6. The maximum atomic E-state index is 12.8. The number of nitrogens with zero attached hydrogens (tertiary/aromatic N) is 2. The summed E-state index contributed by atoms with van der Waals surface area (Å²) in [6, 6.07) is 9.00. The summed E-state index contributed by atoms with van der Waals surface area (Å²) in [7, 11) is 0. The molecule has 25 heavy (non-hydrogen) atoms. The second kappa shape index (κ2) is 8.22. The lowest BCUT2D eigenvalue weighted by molar-refractivity contribution is -0.117. The average Bonchev–Trinajstić information content (AvgIpc) is 3.26. The van der Waals surface area contributed by atoms with Gasteiger partial charge >= 0.3 is 0 Å². The molecule has 1 aliphatic rings. The van der Waals surface area contributed by atoms with E-state index in [1.54, 1.807) is 17.0 Å². The minimum atomic E-state index is -0.253. The molecule has 7 heteroatoms. The van der Waals surface area contributed by atoms with Crippen LogP contribution in [-0.2, 0) is 9.53 Å². The summed E-state index contributed by atoms with van der Waals surface area (Å²) in [6.07, 6.45) is 1.89. The molecule has 0 aliphatic carbocycles. The molecule has 1 unspecified atom stereocenters. The van der Waals surface area contributed by atoms with E-state index in [4.69, 9.17) is 4.74 Å². The molecule has 0 spiro atoms. The first-order chi connectivity index (χ1) is 12.1. The number of benzene rings is 1. The van der Waals surface area contributed by atoms with E-state index < -0.39 is 0 Å². The van der Waals surface area contributed by atoms with E-state index in [2.05, 4.69) is 10.3 Å². The lowest BCUT2D eigenvalue weighted by atomic mass is 10.1. The van der Waals surface area contributed by atoms with Crippen molar-refractivity contribution in [2.75, 3.05) is 25.0 Å². The number of amides is 2. The predicted molar refractivity (Wildman–Crippen MR) is 96.8 cm³/mol. The molecule has 1 aromatic carbocycles. The summed E-state index contributed by atoms with van der Waals surface area (Å²) in [5.74, 6) is -0.418. The summed E-state index contributed by atoms with van der Waals surface area (Å²) >= 11 is 1.37. The molecule has 132 valence electrons. The number of nitrogens with one attached hydrogen (secondary N) is 1. The second-order valence-corrected chi connectivity index (χ2v) is 6.89. The number of hydrogen-bond acceptors (Lipinski definition) is 5. The minimum Gasteiger partial charge on any atom is -0.376 e. The standard InChI is InChI=1S/C18H21N3O3S/c1-13-12-25-18(19-13)20-16(22)11-21(10-15-8-5-9-24-15)17(23)14-6-3-2-4-7-14/h2-4,6-7,12,15H,5,8-11H2,1H3,(H,19,20,22). The van der Waals surface area contributed by atoms with Crippen molar-refractivity contribution >= 4 is 28.3 Å². The van der Waals surface area contributed by atoms with E-state index >= 15 is 0 Å². The Morgan fingerprint density at radius 1 is 1.36 bits per heavy atom. The average molecular weight is 359 g/mol. The molecule has 0 radical (unpaired) electrons. The molecule has 2 aromatic rings. The maximum Gasteiger partial charge on any atom is 0.254 e. The summed E-state index contributed by atoms with van der Waals surface area (Å²) in [5.41, 5.74) is 1.43. The van der Waals surface area contributed by atoms with Gasteiger partial charge in [0.15, 0.2) is 5.13 Å². The zero-order chi connectivity index (χ0) is 17.6. The fourth-order valence-electron chi connectivity index (χ4n) is 2.76. The third-order valence-electron chi connectivity index (χ3n) is 3.96. The summed E-state index contributed by atoms with van der Waals surface area (Å²) < 4.78 is 5.64. The summed E-state index contributed by atoms with van der Waals surface area (Å²) in [5, 5.41) is 5.18. The van der Waals surface area contributed by atoms with Crippen molar-refractivity contribution < 1.29 is 14.3 Å².